The highest BCUT2D eigenvalue weighted by molar-refractivity contribution is 7.58. The van der Waals surface area contributed by atoms with Crippen molar-refractivity contribution in [2.75, 3.05) is 21.1 Å². The SMILES string of the molecule is CCCCCCCCCCCCCCCC(=O)C(O)C(PC(=O)CCCCCCCCCCCCC)[N+](C)(C)C. The molecule has 0 saturated heterocycles. The lowest BCUT2D eigenvalue weighted by Gasteiger charge is -2.36. The molecule has 0 amide bonds. The average molecular weight is 585 g/mol. The van der Waals surface area contributed by atoms with E-state index in [9.17, 15) is 14.7 Å². The van der Waals surface area contributed by atoms with Gasteiger partial charge in [0.05, 0.1) is 21.1 Å². The molecule has 3 atom stereocenters. The van der Waals surface area contributed by atoms with Crippen molar-refractivity contribution in [2.45, 2.75) is 193 Å². The summed E-state index contributed by atoms with van der Waals surface area (Å²) in [5.74, 6) is -0.397. The van der Waals surface area contributed by atoms with Crippen LogP contribution in [-0.4, -0.2) is 53.9 Å². The van der Waals surface area contributed by atoms with Gasteiger partial charge < -0.3 is 9.59 Å². The molecule has 0 fully saturated rings. The monoisotopic (exact) mass is 585 g/mol. The van der Waals surface area contributed by atoms with Gasteiger partial charge in [-0.1, -0.05) is 155 Å². The first-order valence-corrected chi connectivity index (χ1v) is 18.6. The van der Waals surface area contributed by atoms with Crippen molar-refractivity contribution >= 4 is 19.9 Å². The molecule has 238 valence electrons. The lowest BCUT2D eigenvalue weighted by molar-refractivity contribution is -0.883. The van der Waals surface area contributed by atoms with Gasteiger partial charge in [0.2, 0.25) is 0 Å². The Morgan fingerprint density at radius 3 is 1.15 bits per heavy atom. The quantitative estimate of drug-likeness (QED) is 0.0501. The van der Waals surface area contributed by atoms with Gasteiger partial charge in [0, 0.05) is 21.4 Å². The molecular weight excluding hydrogens is 513 g/mol. The van der Waals surface area contributed by atoms with E-state index in [-0.39, 0.29) is 25.7 Å². The first-order valence-electron chi connectivity index (χ1n) is 17.5. The second-order valence-corrected chi connectivity index (χ2v) is 14.8. The van der Waals surface area contributed by atoms with Crippen molar-refractivity contribution in [1.29, 1.82) is 0 Å². The molecule has 4 nitrogen and oxygen atoms in total. The highest BCUT2D eigenvalue weighted by Gasteiger charge is 2.37. The number of aliphatic hydroxyl groups excluding tert-OH is 1. The zero-order chi connectivity index (χ0) is 29.9. The third-order valence-electron chi connectivity index (χ3n) is 8.31. The van der Waals surface area contributed by atoms with Gasteiger partial charge in [-0.3, -0.25) is 9.59 Å². The van der Waals surface area contributed by atoms with E-state index in [4.69, 9.17) is 0 Å². The van der Waals surface area contributed by atoms with Crippen LogP contribution in [0.5, 0.6) is 0 Å². The Morgan fingerprint density at radius 1 is 0.525 bits per heavy atom. The molecule has 0 heterocycles. The Morgan fingerprint density at radius 2 is 0.825 bits per heavy atom. The molecule has 0 bridgehead atoms. The number of aliphatic hydroxyl groups is 1. The van der Waals surface area contributed by atoms with E-state index in [0.717, 1.165) is 25.7 Å². The molecule has 0 aromatic heterocycles. The minimum atomic E-state index is -1.03. The third kappa shape index (κ3) is 24.3. The number of nitrogens with zero attached hydrogens (tertiary/aromatic N) is 1. The van der Waals surface area contributed by atoms with Crippen LogP contribution in [0.4, 0.5) is 0 Å². The molecule has 5 heteroatoms. The lowest BCUT2D eigenvalue weighted by Crippen LogP contribution is -2.52. The van der Waals surface area contributed by atoms with Gasteiger partial charge in [-0.2, -0.15) is 0 Å². The van der Waals surface area contributed by atoms with Gasteiger partial charge in [0.25, 0.3) is 0 Å². The maximum absolute atomic E-state index is 12.8. The van der Waals surface area contributed by atoms with Crippen LogP contribution in [0, 0.1) is 0 Å². The highest BCUT2D eigenvalue weighted by atomic mass is 31.1. The Labute approximate surface area is 252 Å². The minimum absolute atomic E-state index is 0.0000972. The van der Waals surface area contributed by atoms with Gasteiger partial charge in [-0.25, -0.2) is 0 Å². The highest BCUT2D eigenvalue weighted by Crippen LogP contribution is 2.32. The van der Waals surface area contributed by atoms with Crippen LogP contribution in [0.2, 0.25) is 0 Å². The number of hydrogen-bond acceptors (Lipinski definition) is 3. The van der Waals surface area contributed by atoms with Crippen molar-refractivity contribution in [3.05, 3.63) is 0 Å². The summed E-state index contributed by atoms with van der Waals surface area (Å²) >= 11 is 0. The van der Waals surface area contributed by atoms with E-state index in [1.807, 2.05) is 21.1 Å². The third-order valence-corrected chi connectivity index (χ3v) is 10.3. The maximum Gasteiger partial charge on any atom is 0.168 e. The van der Waals surface area contributed by atoms with Gasteiger partial charge in [0.1, 0.15) is 5.78 Å². The summed E-state index contributed by atoms with van der Waals surface area (Å²) in [4.78, 5) is 25.6. The van der Waals surface area contributed by atoms with Crippen LogP contribution < -0.4 is 0 Å². The molecule has 0 spiro atoms. The molecule has 1 N–H and O–H groups in total. The molecule has 0 aliphatic rings. The summed E-state index contributed by atoms with van der Waals surface area (Å²) < 4.78 is 0.452. The second-order valence-electron chi connectivity index (χ2n) is 13.3. The van der Waals surface area contributed by atoms with Crippen LogP contribution in [0.25, 0.3) is 0 Å². The first kappa shape index (κ1) is 39.7. The summed E-state index contributed by atoms with van der Waals surface area (Å²) in [5.41, 5.74) is 0.224. The van der Waals surface area contributed by atoms with E-state index in [2.05, 4.69) is 13.8 Å². The zero-order valence-electron chi connectivity index (χ0n) is 27.8. The standard InChI is InChI=1S/C35H71NO3P/c1-6-8-10-12-14-16-18-19-21-22-24-26-28-30-32(37)34(39)35(36(3,4)5)40-33(38)31-29-27-25-23-20-17-15-13-11-9-7-2/h34-35,39-40H,6-31H2,1-5H3/q+1. The Kier molecular flexibility index (Phi) is 27.3. The summed E-state index contributed by atoms with van der Waals surface area (Å²) in [6.45, 7) is 4.53. The molecule has 0 aliphatic carbocycles. The number of carbonyl (C=O) groups is 2. The molecule has 0 saturated carbocycles. The van der Waals surface area contributed by atoms with Gasteiger partial charge in [-0.05, 0) is 12.8 Å². The van der Waals surface area contributed by atoms with Gasteiger partial charge in [0.15, 0.2) is 17.4 Å². The molecule has 0 aliphatic heterocycles. The smallest absolute Gasteiger partial charge is 0.168 e. The number of hydrogen-bond donors (Lipinski definition) is 1. The Balaban J connectivity index is 3.99. The molecular formula is C35H71NO3P+. The normalized spacial score (nSPS) is 13.8. The molecule has 0 aromatic carbocycles. The van der Waals surface area contributed by atoms with E-state index in [0.29, 0.717) is 17.3 Å². The summed E-state index contributed by atoms with van der Waals surface area (Å²) in [6, 6.07) is 0. The molecule has 0 aromatic rings. The van der Waals surface area contributed by atoms with E-state index < -0.39 is 6.10 Å². The zero-order valence-corrected chi connectivity index (χ0v) is 28.8. The van der Waals surface area contributed by atoms with Gasteiger partial charge >= 0.3 is 0 Å². The van der Waals surface area contributed by atoms with E-state index >= 15 is 0 Å². The first-order chi connectivity index (χ1) is 19.2. The lowest BCUT2D eigenvalue weighted by atomic mass is 10.0. The number of quaternary nitrogens is 1. The van der Waals surface area contributed by atoms with Crippen molar-refractivity contribution < 1.29 is 19.2 Å². The number of Topliss-reactive ketones (excluding diaryl/α,β-unsaturated/α-hetero) is 1. The molecule has 0 rings (SSSR count). The largest absolute Gasteiger partial charge is 0.379 e. The van der Waals surface area contributed by atoms with Crippen molar-refractivity contribution in [1.82, 2.24) is 0 Å². The fourth-order valence-corrected chi connectivity index (χ4v) is 6.91. The average Bonchev–Trinajstić information content (AvgIpc) is 2.91. The summed E-state index contributed by atoms with van der Waals surface area (Å²) in [6.07, 6.45) is 30.6. The van der Waals surface area contributed by atoms with Crippen LogP contribution in [0.1, 0.15) is 181 Å². The topological polar surface area (TPSA) is 54.4 Å². The second kappa shape index (κ2) is 27.5. The van der Waals surface area contributed by atoms with Gasteiger partial charge in [-0.15, -0.1) is 0 Å². The van der Waals surface area contributed by atoms with Crippen molar-refractivity contribution in [3.8, 4) is 0 Å². The maximum atomic E-state index is 12.8. The predicted octanol–water partition coefficient (Wildman–Crippen LogP) is 10.3. The molecule has 3 unspecified atom stereocenters. The minimum Gasteiger partial charge on any atom is -0.379 e. The summed E-state index contributed by atoms with van der Waals surface area (Å²) in [5, 5.41) is 10.9. The number of rotatable bonds is 31. The molecule has 40 heavy (non-hydrogen) atoms. The van der Waals surface area contributed by atoms with E-state index in [1.165, 1.54) is 128 Å². The number of ketones is 1. The number of unbranched alkanes of at least 4 members (excludes halogenated alkanes) is 22. The van der Waals surface area contributed by atoms with Crippen LogP contribution in [-0.2, 0) is 9.59 Å². The van der Waals surface area contributed by atoms with Crippen LogP contribution in [0.3, 0.4) is 0 Å². The van der Waals surface area contributed by atoms with Crippen LogP contribution in [0.15, 0.2) is 0 Å². The van der Waals surface area contributed by atoms with E-state index in [1.54, 1.807) is 0 Å². The van der Waals surface area contributed by atoms with Crippen LogP contribution >= 0.6 is 8.58 Å². The van der Waals surface area contributed by atoms with Crippen molar-refractivity contribution in [2.24, 2.45) is 0 Å². The molecule has 0 radical (unpaired) electrons. The predicted molar refractivity (Wildman–Crippen MR) is 178 cm³/mol. The summed E-state index contributed by atoms with van der Waals surface area (Å²) in [7, 11) is 5.98. The number of carbonyl (C=O) groups excluding carboxylic acids is 2. The fraction of sp³-hybridized carbons (Fsp3) is 0.943. The Hall–Kier alpha value is -0.310. The fourth-order valence-electron chi connectivity index (χ4n) is 5.52. The van der Waals surface area contributed by atoms with Crippen molar-refractivity contribution in [3.63, 3.8) is 0 Å². The number of likely N-dealkylation sites (N-methyl/N-ethyl adjacent to an activating group) is 1. The Bertz CT molecular complexity index is 590.